The van der Waals surface area contributed by atoms with Crippen molar-refractivity contribution in [1.82, 2.24) is 0 Å². The minimum Gasteiger partial charge on any atom is -0.485 e. The standard InChI is InChI=1S/2C35H30O5.C33H26O5/c1-23(2)33(36)21-38-27-17-13-25(14-18-27)35(26-15-19-28(20-16-26)39-22-40-34(37)24(3)4)31-11-7-5-9-29(31)30-10-6-8-12-32(30)35;1-5-33(36)23(3)38-27-19-15-25(16-20-27)35(26-17-21-28(22-18-26)39-24(4)40-34(37)6-2)31-13-9-7-11-29(31)30-12-8-10-14-32(30)35;1-3-25(34)21-36-26-17-13-23(14-18-26)33(24-15-19-27(20-16-24)37-22-38-32(35)4-2)30-11-7-5-9-28(30)29-10-6-8-12-31(29)33/h5-20H,1,3,21-22H2,2,4H3;5-24H,1-2H2,3-4H3;3-20H,1-2,21-22H2. The Labute approximate surface area is 686 Å². The average Bonchev–Trinajstić information content (AvgIpc) is 1.55. The van der Waals surface area contributed by atoms with E-state index in [9.17, 15) is 28.8 Å². The van der Waals surface area contributed by atoms with Gasteiger partial charge >= 0.3 is 17.9 Å². The van der Waals surface area contributed by atoms with Crippen LogP contribution in [0.25, 0.3) is 33.4 Å². The summed E-state index contributed by atoms with van der Waals surface area (Å²) in [5.74, 6) is 1.51. The Hall–Kier alpha value is -14.7. The molecule has 12 aromatic rings. The van der Waals surface area contributed by atoms with Crippen LogP contribution in [0.15, 0.2) is 366 Å². The van der Waals surface area contributed by atoms with E-state index in [0.717, 1.165) is 45.5 Å². The second kappa shape index (κ2) is 36.2. The molecule has 15 rings (SSSR count). The first-order chi connectivity index (χ1) is 57.3. The summed E-state index contributed by atoms with van der Waals surface area (Å²) in [6.07, 6.45) is 3.35. The molecule has 3 aliphatic carbocycles. The SMILES string of the molecule is C=C(C)C(=O)COc1ccc(C2(c3ccc(OCOC(=O)C(=C)C)cc3)c3ccccc3-c3ccccc32)cc1.C=CC(=O)COc1ccc(C2(c3ccc(OCOC(=O)C=C)cc3)c3ccccc3-c3ccccc32)cc1.C=CC(=O)OC(C)Oc1ccc(C2(c3ccc(OC(C)C(=O)C=C)cc3)c3ccccc3-c3ccccc32)cc1. The third-order valence-corrected chi connectivity index (χ3v) is 21.1. The molecule has 0 heterocycles. The molecule has 0 bridgehead atoms. The number of Topliss-reactive ketones (excluding diaryl/α,β-unsaturated/α-hetero) is 1. The zero-order valence-corrected chi connectivity index (χ0v) is 65.9. The Kier molecular flexibility index (Phi) is 24.9. The zero-order valence-electron chi connectivity index (χ0n) is 65.9. The molecule has 0 saturated heterocycles. The van der Waals surface area contributed by atoms with E-state index in [-0.39, 0.29) is 44.1 Å². The van der Waals surface area contributed by atoms with Crippen molar-refractivity contribution in [2.75, 3.05) is 26.8 Å². The van der Waals surface area contributed by atoms with Crippen LogP contribution in [-0.4, -0.2) is 74.5 Å². The summed E-state index contributed by atoms with van der Waals surface area (Å²) in [7, 11) is 0. The minimum absolute atomic E-state index is 0.0470. The summed E-state index contributed by atoms with van der Waals surface area (Å²) in [5.41, 5.74) is 19.4. The maximum atomic E-state index is 12.0. The number of hydrogen-bond acceptors (Lipinski definition) is 15. The molecule has 0 spiro atoms. The Morgan fingerprint density at radius 3 is 0.907 bits per heavy atom. The molecule has 588 valence electrons. The second-order valence-electron chi connectivity index (χ2n) is 28.2. The largest absolute Gasteiger partial charge is 0.485 e. The zero-order chi connectivity index (χ0) is 83.1. The van der Waals surface area contributed by atoms with E-state index in [1.165, 1.54) is 78.9 Å². The van der Waals surface area contributed by atoms with Gasteiger partial charge in [-0.05, 0) is 211 Å². The number of esters is 3. The van der Waals surface area contributed by atoms with Crippen molar-refractivity contribution in [3.63, 3.8) is 0 Å². The molecule has 0 radical (unpaired) electrons. The summed E-state index contributed by atoms with van der Waals surface area (Å²) in [5, 5.41) is 0. The molecule has 0 saturated carbocycles. The fraction of sp³-hybridized carbons (Fsp3) is 0.126. The third kappa shape index (κ3) is 16.4. The highest BCUT2D eigenvalue weighted by Crippen LogP contribution is 2.60. The smallest absolute Gasteiger partial charge is 0.335 e. The van der Waals surface area contributed by atoms with Gasteiger partial charge in [0.15, 0.2) is 36.7 Å². The van der Waals surface area contributed by atoms with Gasteiger partial charge in [-0.15, -0.1) is 0 Å². The molecule has 0 fully saturated rings. The highest BCUT2D eigenvalue weighted by molar-refractivity contribution is 5.96. The lowest BCUT2D eigenvalue weighted by molar-refractivity contribution is -0.155. The van der Waals surface area contributed by atoms with Gasteiger partial charge in [-0.1, -0.05) is 258 Å². The van der Waals surface area contributed by atoms with Crippen molar-refractivity contribution < 1.29 is 71.4 Å². The van der Waals surface area contributed by atoms with Crippen molar-refractivity contribution in [3.05, 3.63) is 433 Å². The van der Waals surface area contributed by atoms with E-state index in [1.807, 2.05) is 121 Å². The van der Waals surface area contributed by atoms with Crippen molar-refractivity contribution >= 4 is 35.3 Å². The molecular formula is C103H86O15. The number of ether oxygens (including phenoxy) is 9. The number of fused-ring (bicyclic) bond motifs is 9. The Morgan fingerprint density at radius 2 is 0.610 bits per heavy atom. The predicted molar refractivity (Wildman–Crippen MR) is 457 cm³/mol. The van der Waals surface area contributed by atoms with Crippen LogP contribution in [0.4, 0.5) is 0 Å². The molecule has 2 atom stereocenters. The summed E-state index contributed by atoms with van der Waals surface area (Å²) in [4.78, 5) is 70.2. The molecule has 0 N–H and O–H groups in total. The lowest BCUT2D eigenvalue weighted by Crippen LogP contribution is -2.28. The third-order valence-electron chi connectivity index (χ3n) is 21.1. The number of ketones is 3. The normalized spacial score (nSPS) is 13.1. The molecule has 3 aliphatic rings. The fourth-order valence-electron chi connectivity index (χ4n) is 15.7. The van der Waals surface area contributed by atoms with Crippen LogP contribution in [0.2, 0.25) is 0 Å². The highest BCUT2D eigenvalue weighted by Gasteiger charge is 2.49. The number of benzene rings is 12. The van der Waals surface area contributed by atoms with Gasteiger partial charge in [0.2, 0.25) is 19.9 Å². The van der Waals surface area contributed by atoms with Crippen molar-refractivity contribution in [1.29, 1.82) is 0 Å². The van der Waals surface area contributed by atoms with Gasteiger partial charge < -0.3 is 42.6 Å². The Balaban J connectivity index is 0.000000154. The average molecular weight is 1560 g/mol. The first kappa shape index (κ1) is 81.3. The summed E-state index contributed by atoms with van der Waals surface area (Å²) in [6.45, 7) is 27.3. The van der Waals surface area contributed by atoms with Crippen LogP contribution in [0.5, 0.6) is 34.5 Å². The van der Waals surface area contributed by atoms with Crippen LogP contribution in [0.3, 0.4) is 0 Å². The lowest BCUT2D eigenvalue weighted by atomic mass is 9.68. The van der Waals surface area contributed by atoms with Crippen LogP contribution in [0, 0.1) is 0 Å². The number of carbonyl (C=O) groups is 6. The molecule has 12 aromatic carbocycles. The number of hydrogen-bond donors (Lipinski definition) is 0. The maximum absolute atomic E-state index is 12.0. The van der Waals surface area contributed by atoms with Gasteiger partial charge in [-0.25, -0.2) is 14.4 Å². The van der Waals surface area contributed by atoms with Gasteiger partial charge in [-0.3, -0.25) is 14.4 Å². The molecular weight excluding hydrogens is 1480 g/mol. The molecule has 0 amide bonds. The molecule has 15 heteroatoms. The van der Waals surface area contributed by atoms with Gasteiger partial charge in [0.05, 0.1) is 16.2 Å². The van der Waals surface area contributed by atoms with Crippen LogP contribution in [0.1, 0.15) is 94.5 Å². The van der Waals surface area contributed by atoms with E-state index in [2.05, 4.69) is 209 Å². The van der Waals surface area contributed by atoms with Crippen molar-refractivity contribution in [3.8, 4) is 67.9 Å². The second-order valence-corrected chi connectivity index (χ2v) is 28.2. The number of carbonyl (C=O) groups excluding carboxylic acids is 6. The highest BCUT2D eigenvalue weighted by atomic mass is 16.7. The Bertz CT molecular complexity index is 5660. The van der Waals surface area contributed by atoms with Crippen molar-refractivity contribution in [2.45, 2.75) is 56.3 Å². The van der Waals surface area contributed by atoms with Gasteiger partial charge in [0.25, 0.3) is 0 Å². The van der Waals surface area contributed by atoms with Gasteiger partial charge in [-0.2, -0.15) is 0 Å². The van der Waals surface area contributed by atoms with Crippen LogP contribution < -0.4 is 28.4 Å². The van der Waals surface area contributed by atoms with Crippen LogP contribution in [-0.2, 0) is 59.2 Å². The van der Waals surface area contributed by atoms with E-state index in [1.54, 1.807) is 27.7 Å². The van der Waals surface area contributed by atoms with Gasteiger partial charge in [0.1, 0.15) is 34.5 Å². The summed E-state index contributed by atoms with van der Waals surface area (Å²) < 4.78 is 49.5. The van der Waals surface area contributed by atoms with E-state index in [4.69, 9.17) is 42.6 Å². The van der Waals surface area contributed by atoms with Crippen molar-refractivity contribution in [2.24, 2.45) is 0 Å². The topological polar surface area (TPSA) is 185 Å². The summed E-state index contributed by atoms with van der Waals surface area (Å²) in [6, 6.07) is 98.0. The minimum atomic E-state index is -0.763. The molecule has 15 nitrogen and oxygen atoms in total. The van der Waals surface area contributed by atoms with E-state index < -0.39 is 46.5 Å². The summed E-state index contributed by atoms with van der Waals surface area (Å²) >= 11 is 0. The van der Waals surface area contributed by atoms with E-state index in [0.29, 0.717) is 45.6 Å². The maximum Gasteiger partial charge on any atom is 0.335 e. The molecule has 0 aliphatic heterocycles. The van der Waals surface area contributed by atoms with Crippen LogP contribution >= 0.6 is 0 Å². The Morgan fingerprint density at radius 1 is 0.322 bits per heavy atom. The molecule has 0 aromatic heterocycles. The number of rotatable bonds is 30. The quantitative estimate of drug-likeness (QED) is 0.0179. The molecule has 118 heavy (non-hydrogen) atoms. The van der Waals surface area contributed by atoms with E-state index >= 15 is 0 Å². The monoisotopic (exact) mass is 1560 g/mol. The van der Waals surface area contributed by atoms with Gasteiger partial charge in [0, 0.05) is 24.6 Å². The predicted octanol–water partition coefficient (Wildman–Crippen LogP) is 20.3. The fourth-order valence-corrected chi connectivity index (χ4v) is 15.7. The first-order valence-corrected chi connectivity index (χ1v) is 38.3. The first-order valence-electron chi connectivity index (χ1n) is 38.3. The lowest BCUT2D eigenvalue weighted by Gasteiger charge is -2.34. The molecule has 2 unspecified atom stereocenters.